The fourth-order valence-electron chi connectivity index (χ4n) is 11.8. The standard InChI is InChI=1S/C37H45ClN4O4.C32H37ClN4O2.CH2Cl2/c1-37(2,3)46-36(44)39-30(23-26-16-18-28(19-17-26)27-11-6-5-7-12-27)24-33(43)41-20-9-13-29(25-41)35-40-34-31(38)14-8-15-32(34)42(35)21-10-22-45-4;1-39-19-7-18-37-29-12-5-11-28(33)31(29)35-32(37)26-10-6-17-36(22-26)30(38)21-27(34)20-23-13-15-25(16-14-23)24-8-3-2-4-9-24;2-1-3/h5-8,11-12,14-19,29-30H,9-10,13,20-25H2,1-4H3,(H,39,44);2-5,8-9,11-16,26-27H,6-7,10,17-22,34H2,1H3;1H2/t29-,30-;26-,27-;/m11./s1. The lowest BCUT2D eigenvalue weighted by atomic mass is 9.95. The number of aryl methyl sites for hydroxylation is 2. The number of likely N-dealkylation sites (tertiary alicyclic amines) is 2. The Morgan fingerprint density at radius 3 is 1.44 bits per heavy atom. The quantitative estimate of drug-likeness (QED) is 0.0527. The van der Waals surface area contributed by atoms with Crippen LogP contribution in [-0.4, -0.2) is 123 Å². The normalized spacial score (nSPS) is 15.8. The number of amides is 3. The lowest BCUT2D eigenvalue weighted by Crippen LogP contribution is -2.46. The molecule has 2 saturated heterocycles. The maximum absolute atomic E-state index is 13.9. The number of hydrogen-bond acceptors (Lipinski definition) is 9. The Bertz CT molecular complexity index is 3490. The van der Waals surface area contributed by atoms with Crippen LogP contribution in [0, 0.1) is 0 Å². The summed E-state index contributed by atoms with van der Waals surface area (Å²) in [5.74, 6) is 2.33. The molecule has 2 aliphatic heterocycles. The van der Waals surface area contributed by atoms with E-state index in [0.29, 0.717) is 62.2 Å². The van der Waals surface area contributed by atoms with Gasteiger partial charge in [-0.1, -0.05) is 145 Å². The van der Waals surface area contributed by atoms with E-state index in [1.807, 2.05) is 91.2 Å². The van der Waals surface area contributed by atoms with Crippen LogP contribution in [0.1, 0.15) is 107 Å². The number of aromatic nitrogens is 4. The van der Waals surface area contributed by atoms with Gasteiger partial charge in [-0.15, -0.1) is 23.2 Å². The van der Waals surface area contributed by atoms with E-state index in [9.17, 15) is 14.4 Å². The number of halogens is 4. The van der Waals surface area contributed by atoms with Crippen LogP contribution in [0.3, 0.4) is 0 Å². The number of fused-ring (bicyclic) bond motifs is 2. The van der Waals surface area contributed by atoms with Crippen LogP contribution in [0.2, 0.25) is 10.0 Å². The number of carbonyl (C=O) groups excluding carboxylic acids is 3. The molecule has 0 saturated carbocycles. The summed E-state index contributed by atoms with van der Waals surface area (Å²) in [6.45, 7) is 11.0. The Morgan fingerprint density at radius 1 is 0.591 bits per heavy atom. The molecule has 2 fully saturated rings. The van der Waals surface area contributed by atoms with Crippen LogP contribution in [0.5, 0.6) is 0 Å². The second-order valence-electron chi connectivity index (χ2n) is 23.7. The largest absolute Gasteiger partial charge is 0.444 e. The summed E-state index contributed by atoms with van der Waals surface area (Å²) in [5, 5.41) is 4.47. The van der Waals surface area contributed by atoms with Crippen molar-refractivity contribution in [2.75, 3.05) is 59.0 Å². The van der Waals surface area contributed by atoms with Gasteiger partial charge in [0, 0.05) is 103 Å². The molecule has 0 spiro atoms. The first-order valence-electron chi connectivity index (χ1n) is 30.5. The minimum Gasteiger partial charge on any atom is -0.444 e. The highest BCUT2D eigenvalue weighted by atomic mass is 35.5. The van der Waals surface area contributed by atoms with Crippen LogP contribution in [0.25, 0.3) is 44.3 Å². The Balaban J connectivity index is 0.000000221. The van der Waals surface area contributed by atoms with Crippen molar-refractivity contribution >= 4 is 86.4 Å². The number of hydrogen-bond donors (Lipinski definition) is 2. The smallest absolute Gasteiger partial charge is 0.407 e. The van der Waals surface area contributed by atoms with Gasteiger partial charge < -0.3 is 44.2 Å². The van der Waals surface area contributed by atoms with E-state index >= 15 is 0 Å². The topological polar surface area (TPSA) is 159 Å². The number of nitrogens with one attached hydrogen (secondary N) is 1. The van der Waals surface area contributed by atoms with E-state index in [-0.39, 0.29) is 41.5 Å². The molecule has 2 aromatic heterocycles. The maximum atomic E-state index is 13.9. The first-order chi connectivity index (χ1) is 42.6. The summed E-state index contributed by atoms with van der Waals surface area (Å²) < 4.78 is 20.7. The van der Waals surface area contributed by atoms with Crippen molar-refractivity contribution in [2.24, 2.45) is 5.73 Å². The third-order valence-corrected chi connectivity index (χ3v) is 16.5. The van der Waals surface area contributed by atoms with Gasteiger partial charge in [-0.3, -0.25) is 9.59 Å². The van der Waals surface area contributed by atoms with Gasteiger partial charge in [-0.05, 0) is 130 Å². The number of alkyl carbamates (subject to hydrolysis) is 1. The van der Waals surface area contributed by atoms with Crippen LogP contribution in [0.4, 0.5) is 4.79 Å². The fraction of sp³-hybridized carbons (Fsp3) is 0.414. The average Bonchev–Trinajstić information content (AvgIpc) is 2.50. The molecule has 2 aliphatic rings. The zero-order valence-corrected chi connectivity index (χ0v) is 54.3. The van der Waals surface area contributed by atoms with Crippen LogP contribution in [-0.2, 0) is 49.7 Å². The second kappa shape index (κ2) is 33.4. The SMILES string of the molecule is COCCCn1c([C@@H]2CCCN(C(=O)C[C@@H](Cc3ccc(-c4ccccc4)cc3)NC(=O)OC(C)(C)C)C2)nc2c(Cl)cccc21.COCCCn1c([C@@H]2CCCN(C(=O)C[C@H](N)Cc3ccc(-c4ccccc4)cc3)C2)nc2c(Cl)cccc21.ClCCl. The number of nitrogens with two attached hydrogens (primary N) is 1. The Morgan fingerprint density at radius 2 is 1.01 bits per heavy atom. The van der Waals surface area contributed by atoms with Gasteiger partial charge in [0.05, 0.1) is 26.4 Å². The minimum atomic E-state index is -0.645. The van der Waals surface area contributed by atoms with Gasteiger partial charge in [0.1, 0.15) is 28.3 Å². The summed E-state index contributed by atoms with van der Waals surface area (Å²) in [7, 11) is 3.43. The van der Waals surface area contributed by atoms with Gasteiger partial charge in [0.15, 0.2) is 0 Å². The van der Waals surface area contributed by atoms with E-state index < -0.39 is 17.7 Å². The third kappa shape index (κ3) is 19.0. The van der Waals surface area contributed by atoms with Gasteiger partial charge in [0.25, 0.3) is 0 Å². The summed E-state index contributed by atoms with van der Waals surface area (Å²) in [6, 6.07) is 48.4. The lowest BCUT2D eigenvalue weighted by molar-refractivity contribution is -0.133. The molecule has 0 unspecified atom stereocenters. The van der Waals surface area contributed by atoms with Crippen LogP contribution >= 0.6 is 46.4 Å². The zero-order valence-electron chi connectivity index (χ0n) is 51.3. The molecule has 10 rings (SSSR count). The molecule has 3 N–H and O–H groups in total. The number of methoxy groups -OCH3 is 2. The van der Waals surface area contributed by atoms with E-state index in [1.54, 1.807) is 14.2 Å². The molecular formula is C70H84Cl4N8O6. The van der Waals surface area contributed by atoms with Gasteiger partial charge in [-0.25, -0.2) is 14.8 Å². The van der Waals surface area contributed by atoms with E-state index in [4.69, 9.17) is 76.3 Å². The van der Waals surface area contributed by atoms with Crippen molar-refractivity contribution in [2.45, 2.75) is 128 Å². The average molecular weight is 1280 g/mol. The highest BCUT2D eigenvalue weighted by molar-refractivity contribution is 6.40. The number of nitrogens with zero attached hydrogens (tertiary/aromatic N) is 6. The molecule has 14 nitrogen and oxygen atoms in total. The number of rotatable bonds is 21. The highest BCUT2D eigenvalue weighted by Crippen LogP contribution is 2.35. The predicted molar refractivity (Wildman–Crippen MR) is 358 cm³/mol. The van der Waals surface area contributed by atoms with Crippen molar-refractivity contribution in [3.63, 3.8) is 0 Å². The van der Waals surface area contributed by atoms with Crippen LogP contribution in [0.15, 0.2) is 146 Å². The molecule has 88 heavy (non-hydrogen) atoms. The fourth-order valence-corrected chi connectivity index (χ4v) is 12.3. The number of piperidine rings is 2. The first-order valence-corrected chi connectivity index (χ1v) is 32.4. The monoisotopic (exact) mass is 1270 g/mol. The Hall–Kier alpha value is -6.49. The number of benzene rings is 6. The Kier molecular flexibility index (Phi) is 25.6. The molecule has 4 atom stereocenters. The van der Waals surface area contributed by atoms with Crippen molar-refractivity contribution < 1.29 is 28.6 Å². The summed E-state index contributed by atoms with van der Waals surface area (Å²) in [6.07, 6.45) is 6.64. The summed E-state index contributed by atoms with van der Waals surface area (Å²) in [5.41, 5.74) is 16.3. The molecule has 0 radical (unpaired) electrons. The summed E-state index contributed by atoms with van der Waals surface area (Å²) in [4.78, 5) is 53.9. The van der Waals surface area contributed by atoms with Gasteiger partial charge >= 0.3 is 6.09 Å². The molecule has 0 aliphatic carbocycles. The molecular weight excluding hydrogens is 1190 g/mol. The van der Waals surface area contributed by atoms with Crippen molar-refractivity contribution in [3.8, 4) is 22.3 Å². The molecule has 18 heteroatoms. The van der Waals surface area contributed by atoms with E-state index in [2.05, 4.69) is 99.4 Å². The molecule has 0 bridgehead atoms. The number of alkyl halides is 2. The maximum Gasteiger partial charge on any atom is 0.407 e. The summed E-state index contributed by atoms with van der Waals surface area (Å²) >= 11 is 22.6. The molecule has 4 heterocycles. The minimum absolute atomic E-state index is 0.00624. The molecule has 8 aromatic rings. The highest BCUT2D eigenvalue weighted by Gasteiger charge is 2.33. The molecule has 468 valence electrons. The van der Waals surface area contributed by atoms with Crippen molar-refractivity contribution in [3.05, 3.63) is 178 Å². The predicted octanol–water partition coefficient (Wildman–Crippen LogP) is 15.1. The van der Waals surface area contributed by atoms with Gasteiger partial charge in [-0.2, -0.15) is 0 Å². The Labute approximate surface area is 538 Å². The van der Waals surface area contributed by atoms with Crippen LogP contribution < -0.4 is 11.1 Å². The van der Waals surface area contributed by atoms with Gasteiger partial charge in [0.2, 0.25) is 11.8 Å². The third-order valence-electron chi connectivity index (χ3n) is 15.9. The van der Waals surface area contributed by atoms with E-state index in [1.165, 1.54) is 11.1 Å². The number of para-hydroxylation sites is 2. The first kappa shape index (κ1) is 67.4. The molecule has 3 amide bonds. The zero-order chi connectivity index (χ0) is 62.6. The molecule has 6 aromatic carbocycles. The lowest BCUT2D eigenvalue weighted by Gasteiger charge is -2.34. The van der Waals surface area contributed by atoms with Crippen molar-refractivity contribution in [1.82, 2.24) is 34.2 Å². The number of imidazole rings is 2. The number of carbonyl (C=O) groups is 3. The second-order valence-corrected chi connectivity index (χ2v) is 25.3. The van der Waals surface area contributed by atoms with E-state index in [0.717, 1.165) is 114 Å². The number of ether oxygens (including phenoxy) is 3. The van der Waals surface area contributed by atoms with Crippen molar-refractivity contribution in [1.29, 1.82) is 0 Å².